The third-order valence-electron chi connectivity index (χ3n) is 4.18. The molecule has 0 aliphatic heterocycles. The molecule has 4 nitrogen and oxygen atoms in total. The predicted octanol–water partition coefficient (Wildman–Crippen LogP) is 3.31. The Kier molecular flexibility index (Phi) is 4.01. The van der Waals surface area contributed by atoms with Crippen molar-refractivity contribution in [2.24, 2.45) is 5.73 Å². The summed E-state index contributed by atoms with van der Waals surface area (Å²) in [5.41, 5.74) is 6.96. The van der Waals surface area contributed by atoms with Crippen LogP contribution in [-0.2, 0) is 12.0 Å². The molecule has 0 saturated heterocycles. The summed E-state index contributed by atoms with van der Waals surface area (Å²) >= 11 is 0. The lowest BCUT2D eigenvalue weighted by Crippen LogP contribution is -2.37. The molecule has 112 valence electrons. The average molecular weight is 289 g/mol. The Morgan fingerprint density at radius 2 is 1.76 bits per heavy atom. The highest BCUT2D eigenvalue weighted by molar-refractivity contribution is 5.19. The van der Waals surface area contributed by atoms with Crippen molar-refractivity contribution in [1.29, 1.82) is 0 Å². The van der Waals surface area contributed by atoms with Gasteiger partial charge < -0.3 is 10.3 Å². The number of benzene rings is 1. The minimum atomic E-state index is -0.457. The van der Waals surface area contributed by atoms with Gasteiger partial charge in [-0.25, -0.2) is 4.39 Å². The molecular weight excluding hydrogens is 269 g/mol. The molecule has 3 rings (SSSR count). The van der Waals surface area contributed by atoms with Gasteiger partial charge in [0.1, 0.15) is 5.82 Å². The normalized spacial score (nSPS) is 18.4. The lowest BCUT2D eigenvalue weighted by molar-refractivity contribution is 0.326. The summed E-state index contributed by atoms with van der Waals surface area (Å²) < 4.78 is 18.2. The van der Waals surface area contributed by atoms with Crippen LogP contribution < -0.4 is 5.73 Å². The van der Waals surface area contributed by atoms with Crippen LogP contribution in [-0.4, -0.2) is 10.1 Å². The summed E-state index contributed by atoms with van der Waals surface area (Å²) in [5, 5.41) is 4.08. The van der Waals surface area contributed by atoms with Crippen LogP contribution >= 0.6 is 0 Å². The second-order valence-corrected chi connectivity index (χ2v) is 5.89. The van der Waals surface area contributed by atoms with E-state index in [1.807, 2.05) is 0 Å². The highest BCUT2D eigenvalue weighted by atomic mass is 19.1. The van der Waals surface area contributed by atoms with Crippen molar-refractivity contribution in [2.45, 2.75) is 50.5 Å². The fraction of sp³-hybridized carbons (Fsp3) is 0.500. The molecule has 1 heterocycles. The molecule has 1 aromatic heterocycles. The van der Waals surface area contributed by atoms with E-state index in [4.69, 9.17) is 10.3 Å². The van der Waals surface area contributed by atoms with E-state index in [0.29, 0.717) is 18.1 Å². The topological polar surface area (TPSA) is 64.9 Å². The Balaban J connectivity index is 1.74. The molecule has 21 heavy (non-hydrogen) atoms. The van der Waals surface area contributed by atoms with E-state index in [-0.39, 0.29) is 5.82 Å². The lowest BCUT2D eigenvalue weighted by Gasteiger charge is -2.23. The minimum Gasteiger partial charge on any atom is -0.339 e. The van der Waals surface area contributed by atoms with Crippen LogP contribution in [0.15, 0.2) is 28.8 Å². The molecule has 2 N–H and O–H groups in total. The van der Waals surface area contributed by atoms with Gasteiger partial charge >= 0.3 is 0 Å². The van der Waals surface area contributed by atoms with Gasteiger partial charge in [0.15, 0.2) is 5.82 Å². The highest BCUT2D eigenvalue weighted by Gasteiger charge is 2.33. The largest absolute Gasteiger partial charge is 0.339 e. The van der Waals surface area contributed by atoms with Gasteiger partial charge in [-0.05, 0) is 30.5 Å². The van der Waals surface area contributed by atoms with Gasteiger partial charge in [-0.15, -0.1) is 0 Å². The summed E-state index contributed by atoms with van der Waals surface area (Å²) in [6.45, 7) is 0. The number of halogens is 1. The Morgan fingerprint density at radius 1 is 1.10 bits per heavy atom. The first-order chi connectivity index (χ1) is 10.2. The number of aromatic nitrogens is 2. The fourth-order valence-electron chi connectivity index (χ4n) is 2.89. The molecule has 5 heteroatoms. The van der Waals surface area contributed by atoms with Crippen LogP contribution in [0.3, 0.4) is 0 Å². The molecule has 2 aromatic rings. The number of nitrogens with zero attached hydrogens (tertiary/aromatic N) is 2. The van der Waals surface area contributed by atoms with Gasteiger partial charge in [-0.2, -0.15) is 4.98 Å². The van der Waals surface area contributed by atoms with Crippen LogP contribution in [0, 0.1) is 5.82 Å². The molecule has 1 aliphatic rings. The van der Waals surface area contributed by atoms with E-state index in [2.05, 4.69) is 10.1 Å². The monoisotopic (exact) mass is 289 g/mol. The SMILES string of the molecule is NC1(c2noc(Cc3ccc(F)cc3)n2)CCCCCC1. The van der Waals surface area contributed by atoms with E-state index in [9.17, 15) is 4.39 Å². The Bertz CT molecular complexity index is 586. The van der Waals surface area contributed by atoms with Crippen LogP contribution in [0.1, 0.15) is 55.8 Å². The maximum Gasteiger partial charge on any atom is 0.231 e. The fourth-order valence-corrected chi connectivity index (χ4v) is 2.89. The van der Waals surface area contributed by atoms with Crippen molar-refractivity contribution in [3.05, 3.63) is 47.4 Å². The summed E-state index contributed by atoms with van der Waals surface area (Å²) in [6, 6.07) is 6.32. The van der Waals surface area contributed by atoms with Crippen molar-refractivity contribution in [1.82, 2.24) is 10.1 Å². The first kappa shape index (κ1) is 14.2. The van der Waals surface area contributed by atoms with Crippen molar-refractivity contribution in [3.63, 3.8) is 0 Å². The van der Waals surface area contributed by atoms with Crippen molar-refractivity contribution in [3.8, 4) is 0 Å². The average Bonchev–Trinajstić information content (AvgIpc) is 2.84. The van der Waals surface area contributed by atoms with Gasteiger partial charge in [0.05, 0.1) is 12.0 Å². The molecule has 0 bridgehead atoms. The van der Waals surface area contributed by atoms with E-state index in [1.54, 1.807) is 12.1 Å². The zero-order valence-corrected chi connectivity index (χ0v) is 12.0. The standard InChI is InChI=1S/C16H20FN3O/c17-13-7-5-12(6-8-13)11-14-19-15(20-21-14)16(18)9-3-1-2-4-10-16/h5-8H,1-4,9-11,18H2. The third-order valence-corrected chi connectivity index (χ3v) is 4.18. The van der Waals surface area contributed by atoms with Gasteiger partial charge in [-0.3, -0.25) is 0 Å². The quantitative estimate of drug-likeness (QED) is 0.880. The number of hydrogen-bond donors (Lipinski definition) is 1. The van der Waals surface area contributed by atoms with E-state index in [1.165, 1.54) is 25.0 Å². The van der Waals surface area contributed by atoms with Crippen LogP contribution in [0.2, 0.25) is 0 Å². The predicted molar refractivity (Wildman–Crippen MR) is 77.1 cm³/mol. The maximum absolute atomic E-state index is 12.9. The van der Waals surface area contributed by atoms with Crippen molar-refractivity contribution in [2.75, 3.05) is 0 Å². The Morgan fingerprint density at radius 3 is 2.43 bits per heavy atom. The van der Waals surface area contributed by atoms with Gasteiger partial charge in [0, 0.05) is 0 Å². The molecule has 0 amide bonds. The lowest BCUT2D eigenvalue weighted by atomic mass is 9.91. The summed E-state index contributed by atoms with van der Waals surface area (Å²) in [7, 11) is 0. The molecule has 1 aromatic carbocycles. The summed E-state index contributed by atoms with van der Waals surface area (Å²) in [6.07, 6.45) is 6.98. The summed E-state index contributed by atoms with van der Waals surface area (Å²) in [4.78, 5) is 4.47. The van der Waals surface area contributed by atoms with Crippen LogP contribution in [0.25, 0.3) is 0 Å². The molecule has 0 spiro atoms. The number of hydrogen-bond acceptors (Lipinski definition) is 4. The van der Waals surface area contributed by atoms with Gasteiger partial charge in [-0.1, -0.05) is 43.0 Å². The smallest absolute Gasteiger partial charge is 0.231 e. The third kappa shape index (κ3) is 3.29. The molecule has 0 radical (unpaired) electrons. The van der Waals surface area contributed by atoms with Gasteiger partial charge in [0.2, 0.25) is 5.89 Å². The first-order valence-corrected chi connectivity index (χ1v) is 7.52. The van der Waals surface area contributed by atoms with Crippen LogP contribution in [0.4, 0.5) is 4.39 Å². The molecule has 0 unspecified atom stereocenters. The van der Waals surface area contributed by atoms with Crippen molar-refractivity contribution >= 4 is 0 Å². The highest BCUT2D eigenvalue weighted by Crippen LogP contribution is 2.32. The number of rotatable bonds is 3. The minimum absolute atomic E-state index is 0.246. The zero-order valence-electron chi connectivity index (χ0n) is 12.0. The van der Waals surface area contributed by atoms with E-state index < -0.39 is 5.54 Å². The van der Waals surface area contributed by atoms with Crippen molar-refractivity contribution < 1.29 is 8.91 Å². The Labute approximate surface area is 123 Å². The van der Waals surface area contributed by atoms with E-state index in [0.717, 1.165) is 31.2 Å². The second-order valence-electron chi connectivity index (χ2n) is 5.89. The van der Waals surface area contributed by atoms with E-state index >= 15 is 0 Å². The maximum atomic E-state index is 12.9. The zero-order chi connectivity index (χ0) is 14.7. The second kappa shape index (κ2) is 5.93. The first-order valence-electron chi connectivity index (χ1n) is 7.52. The Hall–Kier alpha value is -1.75. The van der Waals surface area contributed by atoms with Crippen LogP contribution in [0.5, 0.6) is 0 Å². The molecule has 1 saturated carbocycles. The molecular formula is C16H20FN3O. The number of nitrogens with two attached hydrogens (primary N) is 1. The molecule has 1 fully saturated rings. The van der Waals surface area contributed by atoms with Gasteiger partial charge in [0.25, 0.3) is 0 Å². The summed E-state index contributed by atoms with van der Waals surface area (Å²) in [5.74, 6) is 0.900. The molecule has 1 aliphatic carbocycles. The molecule has 0 atom stereocenters.